The van der Waals surface area contributed by atoms with Crippen LogP contribution in [0.25, 0.3) is 0 Å². The lowest BCUT2D eigenvalue weighted by Gasteiger charge is -2.26. The molecule has 0 aliphatic heterocycles. The summed E-state index contributed by atoms with van der Waals surface area (Å²) >= 11 is 0. The van der Waals surface area contributed by atoms with Crippen LogP contribution in [-0.4, -0.2) is 42.9 Å². The number of amides is 1. The summed E-state index contributed by atoms with van der Waals surface area (Å²) in [5.74, 6) is -0.259. The third-order valence-corrected chi connectivity index (χ3v) is 1.88. The number of hydrogen-bond acceptors (Lipinski definition) is 4. The quantitative estimate of drug-likeness (QED) is 0.531. The van der Waals surface area contributed by atoms with E-state index in [-0.39, 0.29) is 19.1 Å². The van der Waals surface area contributed by atoms with Gasteiger partial charge in [0.2, 0.25) is 5.91 Å². The van der Waals surface area contributed by atoms with Gasteiger partial charge >= 0.3 is 0 Å². The fourth-order valence-electron chi connectivity index (χ4n) is 1.02. The highest BCUT2D eigenvalue weighted by Gasteiger charge is 2.22. The summed E-state index contributed by atoms with van der Waals surface area (Å²) in [6.45, 7) is 3.90. The smallest absolute Gasteiger partial charge is 0.239 e. The zero-order chi connectivity index (χ0) is 11.2. The third-order valence-electron chi connectivity index (χ3n) is 1.88. The maximum Gasteiger partial charge on any atom is 0.239 e. The van der Waals surface area contributed by atoms with E-state index in [1.165, 1.54) is 7.11 Å². The molecule has 4 N–H and O–H groups in total. The Morgan fingerprint density at radius 3 is 2.64 bits per heavy atom. The number of rotatable bonds is 6. The number of carbonyl (C=O) groups is 1. The molecule has 0 heterocycles. The van der Waals surface area contributed by atoms with Crippen LogP contribution in [-0.2, 0) is 9.53 Å². The number of carbonyl (C=O) groups excluding carboxylic acids is 1. The van der Waals surface area contributed by atoms with E-state index >= 15 is 0 Å². The fraction of sp³-hybridized carbons (Fsp3) is 0.889. The van der Waals surface area contributed by atoms with Crippen LogP contribution < -0.4 is 11.1 Å². The Morgan fingerprint density at radius 1 is 1.64 bits per heavy atom. The van der Waals surface area contributed by atoms with Crippen LogP contribution in [0.5, 0.6) is 0 Å². The Kier molecular flexibility index (Phi) is 5.68. The second-order valence-electron chi connectivity index (χ2n) is 3.91. The Hall–Kier alpha value is -0.650. The van der Waals surface area contributed by atoms with Gasteiger partial charge in [0, 0.05) is 19.3 Å². The van der Waals surface area contributed by atoms with Crippen LogP contribution >= 0.6 is 0 Å². The first kappa shape index (κ1) is 13.4. The normalized spacial score (nSPS) is 13.8. The lowest BCUT2D eigenvalue weighted by molar-refractivity contribution is -0.125. The van der Waals surface area contributed by atoms with Gasteiger partial charge in [-0.1, -0.05) is 0 Å². The number of nitrogens with one attached hydrogen (secondary N) is 1. The molecular weight excluding hydrogens is 184 g/mol. The molecule has 0 aromatic carbocycles. The maximum atomic E-state index is 11.4. The third kappa shape index (κ3) is 5.16. The van der Waals surface area contributed by atoms with Crippen LogP contribution in [0.3, 0.4) is 0 Å². The molecular formula is C9H20N2O3. The zero-order valence-electron chi connectivity index (χ0n) is 9.04. The van der Waals surface area contributed by atoms with Gasteiger partial charge < -0.3 is 20.9 Å². The van der Waals surface area contributed by atoms with Crippen molar-refractivity contribution < 1.29 is 14.6 Å². The Labute approximate surface area is 84.6 Å². The molecule has 14 heavy (non-hydrogen) atoms. The van der Waals surface area contributed by atoms with Gasteiger partial charge in [-0.2, -0.15) is 0 Å². The summed E-state index contributed by atoms with van der Waals surface area (Å²) in [6, 6.07) is -0.655. The fourth-order valence-corrected chi connectivity index (χ4v) is 1.02. The molecule has 0 aliphatic carbocycles. The number of aliphatic hydroxyl groups excluding tert-OH is 1. The molecule has 5 nitrogen and oxygen atoms in total. The van der Waals surface area contributed by atoms with Crippen LogP contribution in [0, 0.1) is 0 Å². The first-order valence-electron chi connectivity index (χ1n) is 4.60. The predicted molar refractivity (Wildman–Crippen MR) is 53.8 cm³/mol. The molecule has 0 aromatic heterocycles. The monoisotopic (exact) mass is 204 g/mol. The molecule has 84 valence electrons. The molecule has 0 radical (unpaired) electrons. The van der Waals surface area contributed by atoms with Crippen LogP contribution in [0.4, 0.5) is 0 Å². The van der Waals surface area contributed by atoms with Crippen molar-refractivity contribution in [1.29, 1.82) is 0 Å². The largest absolute Gasteiger partial charge is 0.396 e. The molecule has 0 rings (SSSR count). The summed E-state index contributed by atoms with van der Waals surface area (Å²) in [5.41, 5.74) is 5.10. The van der Waals surface area contributed by atoms with Crippen molar-refractivity contribution in [2.45, 2.75) is 31.8 Å². The van der Waals surface area contributed by atoms with Gasteiger partial charge in [-0.3, -0.25) is 4.79 Å². The zero-order valence-corrected chi connectivity index (χ0v) is 9.04. The van der Waals surface area contributed by atoms with Crippen molar-refractivity contribution in [3.8, 4) is 0 Å². The van der Waals surface area contributed by atoms with Crippen LogP contribution in [0.2, 0.25) is 0 Å². The van der Waals surface area contributed by atoms with Crippen molar-refractivity contribution in [3.05, 3.63) is 0 Å². The van der Waals surface area contributed by atoms with E-state index in [2.05, 4.69) is 5.32 Å². The van der Waals surface area contributed by atoms with Crippen molar-refractivity contribution in [1.82, 2.24) is 5.32 Å². The number of nitrogens with two attached hydrogens (primary N) is 1. The number of methoxy groups -OCH3 is 1. The van der Waals surface area contributed by atoms with Gasteiger partial charge in [-0.25, -0.2) is 0 Å². The van der Waals surface area contributed by atoms with Gasteiger partial charge in [0.25, 0.3) is 0 Å². The topological polar surface area (TPSA) is 84.6 Å². The highest BCUT2D eigenvalue weighted by Crippen LogP contribution is 2.07. The van der Waals surface area contributed by atoms with Gasteiger partial charge in [-0.15, -0.1) is 0 Å². The van der Waals surface area contributed by atoms with E-state index in [9.17, 15) is 4.79 Å². The molecule has 1 amide bonds. The Bertz CT molecular complexity index is 183. The molecule has 1 atom stereocenters. The van der Waals surface area contributed by atoms with Crippen molar-refractivity contribution in [2.75, 3.05) is 20.3 Å². The molecule has 0 bridgehead atoms. The standard InChI is InChI=1S/C9H20N2O3/c1-9(2,4-5-12)11-8(13)7(10)6-14-3/h7,12H,4-6,10H2,1-3H3,(H,11,13). The Morgan fingerprint density at radius 2 is 2.21 bits per heavy atom. The summed E-state index contributed by atoms with van der Waals surface area (Å²) in [6.07, 6.45) is 0.498. The number of hydrogen-bond donors (Lipinski definition) is 3. The number of aliphatic hydroxyl groups is 1. The maximum absolute atomic E-state index is 11.4. The lowest BCUT2D eigenvalue weighted by Crippen LogP contribution is -2.52. The van der Waals surface area contributed by atoms with Crippen molar-refractivity contribution in [3.63, 3.8) is 0 Å². The van der Waals surface area contributed by atoms with E-state index in [0.717, 1.165) is 0 Å². The van der Waals surface area contributed by atoms with E-state index < -0.39 is 11.6 Å². The summed E-state index contributed by atoms with van der Waals surface area (Å²) in [7, 11) is 1.49. The molecule has 0 fully saturated rings. The number of ether oxygens (including phenoxy) is 1. The van der Waals surface area contributed by atoms with E-state index in [1.54, 1.807) is 0 Å². The molecule has 1 unspecified atom stereocenters. The summed E-state index contributed by atoms with van der Waals surface area (Å²) in [5, 5.41) is 11.5. The van der Waals surface area contributed by atoms with E-state index in [1.807, 2.05) is 13.8 Å². The highest BCUT2D eigenvalue weighted by molar-refractivity contribution is 5.82. The molecule has 0 aliphatic rings. The predicted octanol–water partition coefficient (Wildman–Crippen LogP) is -0.763. The van der Waals surface area contributed by atoms with Gasteiger partial charge in [0.1, 0.15) is 6.04 Å². The second-order valence-corrected chi connectivity index (χ2v) is 3.91. The lowest BCUT2D eigenvalue weighted by atomic mass is 10.0. The minimum absolute atomic E-state index is 0.0345. The second kappa shape index (κ2) is 5.95. The van der Waals surface area contributed by atoms with Gasteiger partial charge in [-0.05, 0) is 20.3 Å². The van der Waals surface area contributed by atoms with Gasteiger partial charge in [0.05, 0.1) is 6.61 Å². The average Bonchev–Trinajstić information content (AvgIpc) is 2.03. The molecule has 5 heteroatoms. The molecule has 0 aromatic rings. The SMILES string of the molecule is COCC(N)C(=O)NC(C)(C)CCO. The van der Waals surface area contributed by atoms with Gasteiger partial charge in [0.15, 0.2) is 0 Å². The first-order valence-corrected chi connectivity index (χ1v) is 4.60. The highest BCUT2D eigenvalue weighted by atomic mass is 16.5. The first-order chi connectivity index (χ1) is 6.43. The van der Waals surface area contributed by atoms with Crippen LogP contribution in [0.15, 0.2) is 0 Å². The molecule has 0 saturated carbocycles. The van der Waals surface area contributed by atoms with Crippen molar-refractivity contribution >= 4 is 5.91 Å². The minimum Gasteiger partial charge on any atom is -0.396 e. The van der Waals surface area contributed by atoms with Crippen LogP contribution in [0.1, 0.15) is 20.3 Å². The van der Waals surface area contributed by atoms with E-state index in [4.69, 9.17) is 15.6 Å². The van der Waals surface area contributed by atoms with E-state index in [0.29, 0.717) is 6.42 Å². The van der Waals surface area contributed by atoms with Crippen molar-refractivity contribution in [2.24, 2.45) is 5.73 Å². The summed E-state index contributed by atoms with van der Waals surface area (Å²) < 4.78 is 4.76. The molecule has 0 saturated heterocycles. The summed E-state index contributed by atoms with van der Waals surface area (Å²) in [4.78, 5) is 11.4. The molecule has 0 spiro atoms. The minimum atomic E-state index is -0.655. The Balaban J connectivity index is 4.03. The average molecular weight is 204 g/mol.